The van der Waals surface area contributed by atoms with Gasteiger partial charge in [0.2, 0.25) is 0 Å². The van der Waals surface area contributed by atoms with Crippen LogP contribution in [-0.4, -0.2) is 50.3 Å². The van der Waals surface area contributed by atoms with Crippen molar-refractivity contribution in [1.29, 1.82) is 0 Å². The minimum absolute atomic E-state index is 0.208. The highest BCUT2D eigenvalue weighted by atomic mass is 19.1. The molecule has 6 nitrogen and oxygen atoms in total. The van der Waals surface area contributed by atoms with Gasteiger partial charge in [-0.15, -0.1) is 0 Å². The van der Waals surface area contributed by atoms with Crippen LogP contribution >= 0.6 is 0 Å². The molecule has 0 amide bonds. The van der Waals surface area contributed by atoms with Gasteiger partial charge >= 0.3 is 7.12 Å². The van der Waals surface area contributed by atoms with E-state index in [-0.39, 0.29) is 24.1 Å². The Hall–Kier alpha value is -2.10. The van der Waals surface area contributed by atoms with Crippen molar-refractivity contribution in [2.75, 3.05) is 6.61 Å². The average molecular weight is 397 g/mol. The number of benzene rings is 2. The van der Waals surface area contributed by atoms with Crippen molar-refractivity contribution in [1.82, 2.24) is 0 Å². The van der Waals surface area contributed by atoms with Gasteiger partial charge in [0.25, 0.3) is 0 Å². The zero-order valence-electron chi connectivity index (χ0n) is 16.2. The highest BCUT2D eigenvalue weighted by Gasteiger charge is 2.57. The van der Waals surface area contributed by atoms with Gasteiger partial charge in [-0.25, -0.2) is 4.39 Å². The van der Waals surface area contributed by atoms with E-state index in [2.05, 4.69) is 4.99 Å². The zero-order chi connectivity index (χ0) is 20.0. The van der Waals surface area contributed by atoms with E-state index in [9.17, 15) is 4.39 Å². The third-order valence-electron chi connectivity index (χ3n) is 5.15. The predicted molar refractivity (Wildman–Crippen MR) is 105 cm³/mol. The lowest BCUT2D eigenvalue weighted by Crippen LogP contribution is -2.53. The van der Waals surface area contributed by atoms with E-state index in [1.807, 2.05) is 38.1 Å². The molecule has 3 saturated heterocycles. The lowest BCUT2D eigenvalue weighted by atomic mass is 9.76. The Morgan fingerprint density at radius 3 is 2.76 bits per heavy atom. The predicted octanol–water partition coefficient (Wildman–Crippen LogP) is 2.56. The monoisotopic (exact) mass is 397 g/mol. The second-order valence-corrected chi connectivity index (χ2v) is 7.81. The summed E-state index contributed by atoms with van der Waals surface area (Å²) in [4.78, 5) is 4.39. The molecule has 2 aromatic carbocycles. The maximum atomic E-state index is 13.0. The quantitative estimate of drug-likeness (QED) is 0.589. The fourth-order valence-electron chi connectivity index (χ4n) is 3.85. The van der Waals surface area contributed by atoms with Crippen LogP contribution in [0, 0.1) is 5.82 Å². The second kappa shape index (κ2) is 7.30. The Bertz CT molecular complexity index is 922. The van der Waals surface area contributed by atoms with Crippen molar-refractivity contribution in [2.45, 2.75) is 44.2 Å². The van der Waals surface area contributed by atoms with Crippen molar-refractivity contribution in [3.8, 4) is 0 Å². The van der Waals surface area contributed by atoms with Crippen LogP contribution in [0.2, 0.25) is 0 Å². The molecule has 3 heterocycles. The molecular formula is C21H21BFNO5. The molecule has 0 bridgehead atoms. The first-order valence-corrected chi connectivity index (χ1v) is 9.65. The molecule has 29 heavy (non-hydrogen) atoms. The molecule has 0 unspecified atom stereocenters. The molecule has 3 aliphatic heterocycles. The van der Waals surface area contributed by atoms with Crippen LogP contribution in [0.25, 0.3) is 0 Å². The Morgan fingerprint density at radius 2 is 1.93 bits per heavy atom. The highest BCUT2D eigenvalue weighted by molar-refractivity contribution is 6.61. The van der Waals surface area contributed by atoms with Crippen molar-refractivity contribution in [2.24, 2.45) is 4.99 Å². The van der Waals surface area contributed by atoms with Crippen molar-refractivity contribution < 1.29 is 27.9 Å². The number of ether oxygens (including phenoxy) is 3. The molecule has 2 aromatic rings. The third-order valence-corrected chi connectivity index (χ3v) is 5.15. The van der Waals surface area contributed by atoms with Crippen LogP contribution in [0.5, 0.6) is 0 Å². The van der Waals surface area contributed by atoms with Crippen molar-refractivity contribution >= 4 is 24.5 Å². The normalized spacial score (nSPS) is 30.5. The van der Waals surface area contributed by atoms with Crippen LogP contribution in [0.1, 0.15) is 19.4 Å². The number of hydrogen-bond acceptors (Lipinski definition) is 6. The zero-order valence-corrected chi connectivity index (χ0v) is 16.2. The van der Waals surface area contributed by atoms with Crippen molar-refractivity contribution in [3.05, 3.63) is 59.9 Å². The largest absolute Gasteiger partial charge is 0.494 e. The van der Waals surface area contributed by atoms with Crippen LogP contribution < -0.4 is 5.46 Å². The van der Waals surface area contributed by atoms with E-state index in [1.54, 1.807) is 18.3 Å². The first-order chi connectivity index (χ1) is 14.0. The molecule has 4 atom stereocenters. The summed E-state index contributed by atoms with van der Waals surface area (Å²) < 4.78 is 42.7. The van der Waals surface area contributed by atoms with E-state index in [0.29, 0.717) is 12.3 Å². The maximum Gasteiger partial charge on any atom is 0.494 e. The summed E-state index contributed by atoms with van der Waals surface area (Å²) in [5.41, 5.74) is 2.45. The molecule has 3 aliphatic rings. The molecule has 0 spiro atoms. The van der Waals surface area contributed by atoms with Gasteiger partial charge in [0.1, 0.15) is 24.1 Å². The number of nitrogens with zero attached hydrogens (tertiary/aromatic N) is 1. The summed E-state index contributed by atoms with van der Waals surface area (Å²) in [6.07, 6.45) is 0.562. The number of hydrogen-bond donors (Lipinski definition) is 0. The van der Waals surface area contributed by atoms with E-state index in [1.165, 1.54) is 12.1 Å². The van der Waals surface area contributed by atoms with E-state index >= 15 is 0 Å². The Kier molecular flexibility index (Phi) is 4.76. The summed E-state index contributed by atoms with van der Waals surface area (Å²) in [5.74, 6) is -0.970. The highest BCUT2D eigenvalue weighted by Crippen LogP contribution is 2.40. The Morgan fingerprint density at radius 1 is 1.10 bits per heavy atom. The fourth-order valence-corrected chi connectivity index (χ4v) is 3.85. The van der Waals surface area contributed by atoms with Gasteiger partial charge in [0.05, 0.1) is 12.3 Å². The van der Waals surface area contributed by atoms with E-state index in [4.69, 9.17) is 23.5 Å². The average Bonchev–Trinajstić information content (AvgIpc) is 3.19. The van der Waals surface area contributed by atoms with Gasteiger partial charge in [0.15, 0.2) is 12.1 Å². The molecule has 0 radical (unpaired) electrons. The van der Waals surface area contributed by atoms with Gasteiger partial charge < -0.3 is 23.5 Å². The first-order valence-electron chi connectivity index (χ1n) is 9.65. The van der Waals surface area contributed by atoms with Gasteiger partial charge in [-0.1, -0.05) is 24.3 Å². The van der Waals surface area contributed by atoms with Crippen LogP contribution in [0.4, 0.5) is 10.1 Å². The molecule has 0 aliphatic carbocycles. The summed E-state index contributed by atoms with van der Waals surface area (Å²) in [5, 5.41) is 0. The molecule has 3 fully saturated rings. The van der Waals surface area contributed by atoms with Gasteiger partial charge in [-0.05, 0) is 49.1 Å². The molecule has 0 aromatic heterocycles. The van der Waals surface area contributed by atoms with Crippen LogP contribution in [-0.2, 0) is 23.5 Å². The number of rotatable bonds is 3. The number of halogens is 1. The second-order valence-electron chi connectivity index (χ2n) is 7.81. The third kappa shape index (κ3) is 3.86. The first kappa shape index (κ1) is 18.9. The number of aliphatic imine (C=N–C) groups is 1. The molecule has 150 valence electrons. The molecule has 0 N–H and O–H groups in total. The van der Waals surface area contributed by atoms with Crippen LogP contribution in [0.3, 0.4) is 0 Å². The standard InChI is InChI=1S/C21H21BFNO5/c1-21(2)27-19-18-17(26-20(19)28-21)12-25-22(29-18)14-5-3-4-13(10-14)11-24-16-8-6-15(23)7-9-16/h3-11,17-20H,12H2,1-2H3/t17-,18+,19-,20-/m1/s1. The minimum atomic E-state index is -0.686. The topological polar surface area (TPSA) is 58.5 Å². The molecular weight excluding hydrogens is 376 g/mol. The summed E-state index contributed by atoms with van der Waals surface area (Å²) in [7, 11) is -0.523. The lowest BCUT2D eigenvalue weighted by molar-refractivity contribution is -0.221. The summed E-state index contributed by atoms with van der Waals surface area (Å²) in [6, 6.07) is 13.8. The molecule has 5 rings (SSSR count). The SMILES string of the molecule is CC1(C)O[C@H]2O[C@@H]3COB(c4cccc(C=Nc5ccc(F)cc5)c4)O[C@@H]3[C@H]2O1. The van der Waals surface area contributed by atoms with E-state index in [0.717, 1.165) is 11.0 Å². The maximum absolute atomic E-state index is 13.0. The van der Waals surface area contributed by atoms with Gasteiger partial charge in [-0.2, -0.15) is 0 Å². The van der Waals surface area contributed by atoms with Gasteiger partial charge in [-0.3, -0.25) is 4.99 Å². The Balaban J connectivity index is 1.30. The minimum Gasteiger partial charge on any atom is -0.404 e. The molecule has 0 saturated carbocycles. The van der Waals surface area contributed by atoms with Gasteiger partial charge in [0, 0.05) is 6.21 Å². The van der Waals surface area contributed by atoms with Crippen molar-refractivity contribution in [3.63, 3.8) is 0 Å². The van der Waals surface area contributed by atoms with Crippen LogP contribution in [0.15, 0.2) is 53.5 Å². The number of fused-ring (bicyclic) bond motifs is 3. The lowest BCUT2D eigenvalue weighted by Gasteiger charge is -2.32. The Labute approximate surface area is 168 Å². The summed E-state index contributed by atoms with van der Waals surface area (Å²) >= 11 is 0. The summed E-state index contributed by atoms with van der Waals surface area (Å²) in [6.45, 7) is 4.14. The molecule has 8 heteroatoms. The van der Waals surface area contributed by atoms with E-state index < -0.39 is 19.2 Å². The smallest absolute Gasteiger partial charge is 0.404 e. The fraction of sp³-hybridized carbons (Fsp3) is 0.381.